The smallest absolute Gasteiger partial charge is 0.417 e. The second-order valence-corrected chi connectivity index (χ2v) is 26.4. The topological polar surface area (TPSA) is 279 Å². The number of carboxylic acid groups (broad SMARTS) is 2. The lowest BCUT2D eigenvalue weighted by atomic mass is 10.0. The number of hydrogen-bond donors (Lipinski definition) is 6. The van der Waals surface area contributed by atoms with Gasteiger partial charge in [0.25, 0.3) is 0 Å². The van der Waals surface area contributed by atoms with Crippen LogP contribution >= 0.6 is 92.8 Å². The Morgan fingerprint density at radius 3 is 1.11 bits per heavy atom. The summed E-state index contributed by atoms with van der Waals surface area (Å²) in [6.45, 7) is 7.87. The van der Waals surface area contributed by atoms with Crippen molar-refractivity contribution in [2.75, 3.05) is 131 Å². The van der Waals surface area contributed by atoms with Crippen LogP contribution in [0.4, 0.5) is 45.1 Å². The van der Waals surface area contributed by atoms with E-state index in [4.69, 9.17) is 108 Å². The van der Waals surface area contributed by atoms with Gasteiger partial charge in [0, 0.05) is 123 Å². The van der Waals surface area contributed by atoms with Crippen molar-refractivity contribution in [3.8, 4) is 5.75 Å². The summed E-state index contributed by atoms with van der Waals surface area (Å²) in [6, 6.07) is 31.3. The Bertz CT molecular complexity index is 4400. The van der Waals surface area contributed by atoms with E-state index in [2.05, 4.69) is 45.4 Å². The van der Waals surface area contributed by atoms with Gasteiger partial charge in [0.2, 0.25) is 0 Å². The maximum absolute atomic E-state index is 14.3. The number of rotatable bonds is 11. The van der Waals surface area contributed by atoms with Crippen LogP contribution in [-0.4, -0.2) is 213 Å². The van der Waals surface area contributed by atoms with E-state index in [-0.39, 0.29) is 64.5 Å². The number of hydrogen-bond acceptors (Lipinski definition) is 18. The standard InChI is InChI=1S/C18H15ClF4N4O3.C18H18ClFN4O4.C17H16Cl3N3O.C16H15Cl3N4O/c19-12-8-10(17(28)29)9-24-15(12)26-4-6-27(7-5-26)16(25-30)14-11(18(21,22)23)2-1-3-13(14)20;1-28-14-4-2-3-13(20)15(14)17(22-27)24-7-5-23(6-8-24)16-12(19)9-11(10-21-16)18(25)26;18-12-4-1-2-7-15(12)22-8-10-23(11-9-22)17(21-24)16-13(19)5-3-6-14(16)20;17-11-3-1-4-12(18)14(11)16(21-24)23-9-7-22(8-10-23)15-13(19)5-2-6-20-15/h1-3,8-9,30H,4-7H2,(H,28,29);2-4,9-10,27H,5-8H2,1H3,(H,25,26);1-7,24H,8-11H2;1-6,24H,7-10H2. The number of oxime groups is 4. The Morgan fingerprint density at radius 1 is 0.406 bits per heavy atom. The summed E-state index contributed by atoms with van der Waals surface area (Å²) in [5.41, 5.74) is 0.0295. The lowest BCUT2D eigenvalue weighted by Gasteiger charge is -2.37. The molecule has 0 spiro atoms. The highest BCUT2D eigenvalue weighted by Crippen LogP contribution is 2.37. The molecule has 4 aliphatic rings. The van der Waals surface area contributed by atoms with Crippen LogP contribution in [-0.2, 0) is 6.18 Å². The Kier molecular flexibility index (Phi) is 28.3. The predicted molar refractivity (Wildman–Crippen MR) is 399 cm³/mol. The first-order valence-corrected chi connectivity index (χ1v) is 34.9. The molecule has 0 saturated carbocycles. The van der Waals surface area contributed by atoms with E-state index in [1.54, 1.807) is 64.5 Å². The summed E-state index contributed by atoms with van der Waals surface area (Å²) in [6.07, 6.45) is -0.720. The normalized spacial score (nSPS) is 15.4. The number of aromatic carboxylic acids is 2. The molecule has 0 atom stereocenters. The molecule has 4 saturated heterocycles. The third-order valence-electron chi connectivity index (χ3n) is 17.0. The first-order chi connectivity index (χ1) is 50.8. The molecule has 0 amide bonds. The lowest BCUT2D eigenvalue weighted by molar-refractivity contribution is -0.138. The minimum absolute atomic E-state index is 0.00809. The predicted octanol–water partition coefficient (Wildman–Crippen LogP) is 14.7. The Labute approximate surface area is 643 Å². The van der Waals surface area contributed by atoms with E-state index < -0.39 is 46.7 Å². The van der Waals surface area contributed by atoms with E-state index in [1.807, 2.05) is 45.0 Å². The van der Waals surface area contributed by atoms with Gasteiger partial charge in [0.05, 0.1) is 91.9 Å². The average Bonchev–Trinajstić information content (AvgIpc) is 0.802. The van der Waals surface area contributed by atoms with Crippen LogP contribution in [0.2, 0.25) is 40.2 Å². The SMILES string of the molecule is COc1cccc(F)c1C(=NO)N1CCN(c2ncc(C(=O)O)cc2Cl)CC1.O=C(O)c1cnc(N2CCN(C(=NO)c3c(F)cccc3C(F)(F)F)CC2)c(Cl)c1.ON=C(c1c(Cl)cccc1Cl)N1CCN(c2ccccc2Cl)CC1.ON=C(c1c(Cl)cccc1Cl)N1CCN(c2ncccc2Cl)CC1. The van der Waals surface area contributed by atoms with Gasteiger partial charge in [0.1, 0.15) is 34.8 Å². The van der Waals surface area contributed by atoms with Gasteiger partial charge in [0.15, 0.2) is 23.3 Å². The summed E-state index contributed by atoms with van der Waals surface area (Å²) in [5, 5.41) is 72.5. The number of anilines is 4. The van der Waals surface area contributed by atoms with Crippen molar-refractivity contribution in [1.29, 1.82) is 0 Å². The Morgan fingerprint density at radius 2 is 0.745 bits per heavy atom. The fraction of sp³-hybridized carbons (Fsp3) is 0.261. The molecule has 106 heavy (non-hydrogen) atoms. The third kappa shape index (κ3) is 19.4. The first kappa shape index (κ1) is 80.6. The highest BCUT2D eigenvalue weighted by atomic mass is 35.5. The largest absolute Gasteiger partial charge is 0.496 e. The van der Waals surface area contributed by atoms with Gasteiger partial charge in [-0.05, 0) is 84.9 Å². The second kappa shape index (κ2) is 37.2. The van der Waals surface area contributed by atoms with Crippen molar-refractivity contribution in [2.45, 2.75) is 6.18 Å². The molecule has 0 bridgehead atoms. The molecular weight excluding hydrogens is 1560 g/mol. The van der Waals surface area contributed by atoms with Crippen LogP contribution < -0.4 is 24.3 Å². The number of nitrogens with zero attached hydrogens (tertiary/aromatic N) is 15. The minimum Gasteiger partial charge on any atom is -0.496 e. The zero-order chi connectivity index (χ0) is 76.5. The molecule has 8 aromatic rings. The highest BCUT2D eigenvalue weighted by molar-refractivity contribution is 6.41. The van der Waals surface area contributed by atoms with Crippen molar-refractivity contribution >= 4 is 151 Å². The van der Waals surface area contributed by atoms with E-state index in [9.17, 15) is 52.4 Å². The van der Waals surface area contributed by atoms with Gasteiger partial charge in [-0.1, -0.05) is 150 Å². The van der Waals surface area contributed by atoms with Crippen LogP contribution in [0.3, 0.4) is 0 Å². The molecule has 37 heteroatoms. The molecule has 6 N–H and O–H groups in total. The number of methoxy groups -OCH3 is 1. The Hall–Kier alpha value is -9.46. The van der Waals surface area contributed by atoms with E-state index in [0.29, 0.717) is 131 Å². The van der Waals surface area contributed by atoms with Gasteiger partial charge in [-0.15, -0.1) is 0 Å². The number of aromatic nitrogens is 3. The number of alkyl halides is 3. The molecule has 0 unspecified atom stereocenters. The number of amidine groups is 4. The molecule has 5 aromatic carbocycles. The van der Waals surface area contributed by atoms with Crippen LogP contribution in [0, 0.1) is 11.6 Å². The van der Waals surface area contributed by atoms with E-state index in [1.165, 1.54) is 42.5 Å². The Balaban J connectivity index is 0.000000164. The van der Waals surface area contributed by atoms with Crippen molar-refractivity contribution in [3.05, 3.63) is 231 Å². The van der Waals surface area contributed by atoms with Gasteiger partial charge in [-0.3, -0.25) is 0 Å². The van der Waals surface area contributed by atoms with Crippen LogP contribution in [0.5, 0.6) is 5.75 Å². The van der Waals surface area contributed by atoms with Crippen molar-refractivity contribution in [2.24, 2.45) is 20.6 Å². The van der Waals surface area contributed by atoms with Gasteiger partial charge < -0.3 is 75.0 Å². The quantitative estimate of drug-likeness (QED) is 0.0231. The third-order valence-corrected chi connectivity index (χ3v) is 19.4. The zero-order valence-electron chi connectivity index (χ0n) is 55.6. The zero-order valence-corrected chi connectivity index (χ0v) is 61.7. The highest BCUT2D eigenvalue weighted by Gasteiger charge is 2.39. The summed E-state index contributed by atoms with van der Waals surface area (Å²) < 4.78 is 73.7. The van der Waals surface area contributed by atoms with Gasteiger partial charge in [-0.2, -0.15) is 13.2 Å². The van der Waals surface area contributed by atoms with Crippen molar-refractivity contribution in [1.82, 2.24) is 34.6 Å². The number of benzene rings is 5. The number of pyridine rings is 3. The van der Waals surface area contributed by atoms with Crippen LogP contribution in [0.15, 0.2) is 161 Å². The summed E-state index contributed by atoms with van der Waals surface area (Å²) in [4.78, 5) is 49.4. The molecule has 3 aromatic heterocycles. The molecule has 12 rings (SSSR count). The molecule has 7 heterocycles. The van der Waals surface area contributed by atoms with Gasteiger partial charge in [-0.25, -0.2) is 33.3 Å². The number of carbonyl (C=O) groups is 2. The molecule has 4 fully saturated rings. The monoisotopic (exact) mass is 1620 g/mol. The fourth-order valence-electron chi connectivity index (χ4n) is 11.8. The average molecular weight is 1630 g/mol. The van der Waals surface area contributed by atoms with Crippen LogP contribution in [0.25, 0.3) is 0 Å². The molecular formula is C69H64Cl8F5N15O9. The number of piperazine rings is 4. The summed E-state index contributed by atoms with van der Waals surface area (Å²) in [7, 11) is 1.42. The molecule has 560 valence electrons. The number of para-hydroxylation sites is 1. The summed E-state index contributed by atoms with van der Waals surface area (Å²) in [5.74, 6) is -1.87. The minimum atomic E-state index is -4.83. The number of halogens is 13. The lowest BCUT2D eigenvalue weighted by Crippen LogP contribution is -2.50. The maximum atomic E-state index is 14.3. The first-order valence-electron chi connectivity index (χ1n) is 31.9. The summed E-state index contributed by atoms with van der Waals surface area (Å²) >= 11 is 49.7. The molecule has 0 aliphatic carbocycles. The number of carboxylic acids is 2. The fourth-order valence-corrected chi connectivity index (χ4v) is 14.0. The van der Waals surface area contributed by atoms with Crippen molar-refractivity contribution < 1.29 is 67.3 Å². The molecule has 4 aliphatic heterocycles. The van der Waals surface area contributed by atoms with E-state index in [0.717, 1.165) is 47.9 Å². The molecule has 0 radical (unpaired) electrons. The van der Waals surface area contributed by atoms with Crippen molar-refractivity contribution in [3.63, 3.8) is 0 Å². The number of ether oxygens (including phenoxy) is 1. The van der Waals surface area contributed by atoms with Gasteiger partial charge >= 0.3 is 18.1 Å². The van der Waals surface area contributed by atoms with E-state index >= 15 is 0 Å². The maximum Gasteiger partial charge on any atom is 0.417 e. The second-order valence-electron chi connectivity index (χ2n) is 23.2. The van der Waals surface area contributed by atoms with Crippen LogP contribution in [0.1, 0.15) is 48.5 Å². The molecule has 24 nitrogen and oxygen atoms in total.